The van der Waals surface area contributed by atoms with Gasteiger partial charge in [0, 0.05) is 0 Å². The molecule has 0 aliphatic carbocycles. The molecule has 7 heteroatoms. The Bertz CT molecular complexity index is 750. The SMILES string of the molecule is C/C=C/COc1cc(C)c(OCCOc2cnc(C=NOC)nc2)c(C)c1. The average molecular weight is 371 g/mol. The van der Waals surface area contributed by atoms with E-state index < -0.39 is 0 Å². The van der Waals surface area contributed by atoms with Gasteiger partial charge in [-0.25, -0.2) is 9.97 Å². The Kier molecular flexibility index (Phi) is 8.09. The lowest BCUT2D eigenvalue weighted by atomic mass is 10.1. The topological polar surface area (TPSA) is 75.1 Å². The standard InChI is InChI=1S/C20H25N3O4/c1-5-6-7-25-17-10-15(2)20(16(3)11-17)27-9-8-26-18-12-21-19(22-13-18)14-23-24-4/h5-6,10-14H,7-9H2,1-4H3/b6-5+,23-14?. The molecular weight excluding hydrogens is 346 g/mol. The largest absolute Gasteiger partial charge is 0.490 e. The Morgan fingerprint density at radius 1 is 0.963 bits per heavy atom. The molecule has 2 aromatic rings. The molecule has 0 saturated heterocycles. The summed E-state index contributed by atoms with van der Waals surface area (Å²) in [4.78, 5) is 12.8. The van der Waals surface area contributed by atoms with Gasteiger partial charge in [-0.1, -0.05) is 17.3 Å². The Morgan fingerprint density at radius 2 is 1.63 bits per heavy atom. The summed E-state index contributed by atoms with van der Waals surface area (Å²) in [5.41, 5.74) is 2.05. The number of rotatable bonds is 10. The van der Waals surface area contributed by atoms with Gasteiger partial charge < -0.3 is 19.0 Å². The van der Waals surface area contributed by atoms with Crippen molar-refractivity contribution in [1.29, 1.82) is 0 Å². The number of nitrogens with zero attached hydrogens (tertiary/aromatic N) is 3. The van der Waals surface area contributed by atoms with Crippen molar-refractivity contribution >= 4 is 6.21 Å². The lowest BCUT2D eigenvalue weighted by molar-refractivity contribution is 0.213. The molecule has 1 aromatic carbocycles. The van der Waals surface area contributed by atoms with Crippen LogP contribution in [0.2, 0.25) is 0 Å². The van der Waals surface area contributed by atoms with Gasteiger partial charge in [-0.3, -0.25) is 0 Å². The predicted molar refractivity (Wildman–Crippen MR) is 104 cm³/mol. The number of ether oxygens (including phenoxy) is 3. The van der Waals surface area contributed by atoms with E-state index in [0.29, 0.717) is 31.4 Å². The fourth-order valence-electron chi connectivity index (χ4n) is 2.33. The van der Waals surface area contributed by atoms with Crippen LogP contribution in [0.3, 0.4) is 0 Å². The van der Waals surface area contributed by atoms with Gasteiger partial charge in [-0.2, -0.15) is 0 Å². The van der Waals surface area contributed by atoms with Crippen molar-refractivity contribution in [3.8, 4) is 17.2 Å². The van der Waals surface area contributed by atoms with Gasteiger partial charge in [0.25, 0.3) is 0 Å². The molecule has 0 aliphatic rings. The van der Waals surface area contributed by atoms with Gasteiger partial charge in [0.05, 0.1) is 12.4 Å². The number of aryl methyl sites for hydroxylation is 2. The Hall–Kier alpha value is -3.09. The fourth-order valence-corrected chi connectivity index (χ4v) is 2.33. The van der Waals surface area contributed by atoms with Crippen molar-refractivity contribution in [1.82, 2.24) is 9.97 Å². The molecule has 0 N–H and O–H groups in total. The zero-order valence-corrected chi connectivity index (χ0v) is 16.1. The summed E-state index contributed by atoms with van der Waals surface area (Å²) < 4.78 is 17.2. The van der Waals surface area contributed by atoms with Gasteiger partial charge >= 0.3 is 0 Å². The Balaban J connectivity index is 1.83. The summed E-state index contributed by atoms with van der Waals surface area (Å²) in [5.74, 6) is 2.69. The smallest absolute Gasteiger partial charge is 0.174 e. The van der Waals surface area contributed by atoms with Crippen LogP contribution in [0.25, 0.3) is 0 Å². The monoisotopic (exact) mass is 371 g/mol. The third kappa shape index (κ3) is 6.62. The Labute approximate surface area is 159 Å². The minimum Gasteiger partial charge on any atom is -0.490 e. The first kappa shape index (κ1) is 20.2. The van der Waals surface area contributed by atoms with E-state index in [9.17, 15) is 0 Å². The molecule has 0 aliphatic heterocycles. The Morgan fingerprint density at radius 3 is 2.26 bits per heavy atom. The van der Waals surface area contributed by atoms with E-state index in [0.717, 1.165) is 22.6 Å². The lowest BCUT2D eigenvalue weighted by Crippen LogP contribution is -2.11. The normalized spacial score (nSPS) is 11.1. The maximum atomic E-state index is 5.87. The molecule has 1 aromatic heterocycles. The van der Waals surface area contributed by atoms with Crippen molar-refractivity contribution in [2.24, 2.45) is 5.16 Å². The van der Waals surface area contributed by atoms with Crippen LogP contribution in [0.15, 0.2) is 41.8 Å². The second-order valence-corrected chi connectivity index (χ2v) is 5.66. The van der Waals surface area contributed by atoms with Gasteiger partial charge in [-0.15, -0.1) is 0 Å². The quantitative estimate of drug-likeness (QED) is 0.275. The lowest BCUT2D eigenvalue weighted by Gasteiger charge is -2.14. The summed E-state index contributed by atoms with van der Waals surface area (Å²) in [5, 5.41) is 3.60. The summed E-state index contributed by atoms with van der Waals surface area (Å²) in [6.45, 7) is 7.32. The number of allylic oxidation sites excluding steroid dienone is 1. The molecule has 0 bridgehead atoms. The summed E-state index contributed by atoms with van der Waals surface area (Å²) in [6, 6.07) is 3.95. The van der Waals surface area contributed by atoms with Crippen LogP contribution < -0.4 is 14.2 Å². The molecule has 0 atom stereocenters. The second-order valence-electron chi connectivity index (χ2n) is 5.66. The maximum Gasteiger partial charge on any atom is 0.174 e. The highest BCUT2D eigenvalue weighted by Crippen LogP contribution is 2.28. The third-order valence-corrected chi connectivity index (χ3v) is 3.54. The third-order valence-electron chi connectivity index (χ3n) is 3.54. The second kappa shape index (κ2) is 10.8. The van der Waals surface area contributed by atoms with Crippen molar-refractivity contribution in [2.75, 3.05) is 26.9 Å². The average Bonchev–Trinajstić information content (AvgIpc) is 2.66. The fraction of sp³-hybridized carbons (Fsp3) is 0.350. The molecular formula is C20H25N3O4. The van der Waals surface area contributed by atoms with E-state index in [4.69, 9.17) is 14.2 Å². The molecule has 1 heterocycles. The van der Waals surface area contributed by atoms with Crippen molar-refractivity contribution in [2.45, 2.75) is 20.8 Å². The van der Waals surface area contributed by atoms with E-state index in [1.807, 2.05) is 45.1 Å². The van der Waals surface area contributed by atoms with Gasteiger partial charge in [-0.05, 0) is 44.0 Å². The zero-order valence-electron chi connectivity index (χ0n) is 16.1. The molecule has 0 radical (unpaired) electrons. The van der Waals surface area contributed by atoms with E-state index in [-0.39, 0.29) is 0 Å². The highest BCUT2D eigenvalue weighted by molar-refractivity contribution is 5.73. The van der Waals surface area contributed by atoms with Crippen LogP contribution in [-0.2, 0) is 4.84 Å². The highest BCUT2D eigenvalue weighted by atomic mass is 16.6. The first-order valence-electron chi connectivity index (χ1n) is 8.63. The number of oxime groups is 1. The van der Waals surface area contributed by atoms with Gasteiger partial charge in [0.2, 0.25) is 0 Å². The molecule has 0 saturated carbocycles. The highest BCUT2D eigenvalue weighted by Gasteiger charge is 2.07. The van der Waals surface area contributed by atoms with Gasteiger partial charge in [0.1, 0.15) is 44.6 Å². The van der Waals surface area contributed by atoms with E-state index >= 15 is 0 Å². The minimum absolute atomic E-state index is 0.382. The van der Waals surface area contributed by atoms with Crippen LogP contribution in [0.1, 0.15) is 23.9 Å². The van der Waals surface area contributed by atoms with Crippen LogP contribution in [0, 0.1) is 13.8 Å². The first-order valence-corrected chi connectivity index (χ1v) is 8.63. The van der Waals surface area contributed by atoms with E-state index in [2.05, 4.69) is 20.0 Å². The molecule has 0 amide bonds. The molecule has 7 nitrogen and oxygen atoms in total. The number of aromatic nitrogens is 2. The molecule has 144 valence electrons. The van der Waals surface area contributed by atoms with Crippen molar-refractivity contribution in [3.05, 3.63) is 53.6 Å². The molecule has 0 unspecified atom stereocenters. The molecule has 0 fully saturated rings. The predicted octanol–water partition coefficient (Wildman–Crippen LogP) is 3.49. The van der Waals surface area contributed by atoms with Crippen LogP contribution in [0.5, 0.6) is 17.2 Å². The van der Waals surface area contributed by atoms with Crippen LogP contribution in [0.4, 0.5) is 0 Å². The number of hydrogen-bond acceptors (Lipinski definition) is 7. The van der Waals surface area contributed by atoms with Crippen LogP contribution in [-0.4, -0.2) is 43.1 Å². The molecule has 2 rings (SSSR count). The van der Waals surface area contributed by atoms with Gasteiger partial charge in [0.15, 0.2) is 11.6 Å². The van der Waals surface area contributed by atoms with Crippen molar-refractivity contribution < 1.29 is 19.0 Å². The van der Waals surface area contributed by atoms with Crippen LogP contribution >= 0.6 is 0 Å². The minimum atomic E-state index is 0.382. The van der Waals surface area contributed by atoms with Crippen molar-refractivity contribution in [3.63, 3.8) is 0 Å². The summed E-state index contributed by atoms with van der Waals surface area (Å²) >= 11 is 0. The first-order chi connectivity index (χ1) is 13.1. The zero-order chi connectivity index (χ0) is 19.5. The summed E-state index contributed by atoms with van der Waals surface area (Å²) in [6.07, 6.45) is 8.51. The maximum absolute atomic E-state index is 5.87. The van der Waals surface area contributed by atoms with E-state index in [1.165, 1.54) is 13.3 Å². The number of benzene rings is 1. The molecule has 0 spiro atoms. The van der Waals surface area contributed by atoms with E-state index in [1.54, 1.807) is 12.4 Å². The molecule has 27 heavy (non-hydrogen) atoms. The number of hydrogen-bond donors (Lipinski definition) is 0. The summed E-state index contributed by atoms with van der Waals surface area (Å²) in [7, 11) is 1.46.